The molecule has 0 atom stereocenters. The van der Waals surface area contributed by atoms with E-state index >= 15 is 0 Å². The number of H-pyrrole nitrogens is 1. The molecule has 0 bridgehead atoms. The first-order valence-corrected chi connectivity index (χ1v) is 8.98. The van der Waals surface area contributed by atoms with E-state index in [0.29, 0.717) is 17.9 Å². The molecule has 2 heterocycles. The lowest BCUT2D eigenvalue weighted by Gasteiger charge is -2.06. The summed E-state index contributed by atoms with van der Waals surface area (Å²) < 4.78 is 26.3. The maximum absolute atomic E-state index is 12.4. The lowest BCUT2D eigenvalue weighted by Crippen LogP contribution is -2.19. The molecule has 1 aromatic carbocycles. The number of sulfone groups is 1. The summed E-state index contributed by atoms with van der Waals surface area (Å²) in [6.45, 7) is 2.40. The number of hydrogen-bond donors (Lipinski definition) is 1. The van der Waals surface area contributed by atoms with Crippen LogP contribution in [0.1, 0.15) is 18.3 Å². The van der Waals surface area contributed by atoms with Crippen LogP contribution in [-0.2, 0) is 27.9 Å². The van der Waals surface area contributed by atoms with Crippen LogP contribution in [0.5, 0.6) is 0 Å². The Kier molecular flexibility index (Phi) is 3.99. The molecule has 8 heteroatoms. The fourth-order valence-corrected chi connectivity index (χ4v) is 3.86. The van der Waals surface area contributed by atoms with Gasteiger partial charge in [-0.25, -0.2) is 18.1 Å². The van der Waals surface area contributed by atoms with Gasteiger partial charge in [-0.1, -0.05) is 18.2 Å². The number of aryl methyl sites for hydroxylation is 1. The van der Waals surface area contributed by atoms with Gasteiger partial charge in [-0.15, -0.1) is 0 Å². The molecule has 2 aromatic heterocycles. The van der Waals surface area contributed by atoms with E-state index in [4.69, 9.17) is 0 Å². The van der Waals surface area contributed by atoms with Crippen LogP contribution in [-0.4, -0.2) is 28.2 Å². The van der Waals surface area contributed by atoms with E-state index in [1.54, 1.807) is 12.1 Å². The summed E-state index contributed by atoms with van der Waals surface area (Å²) in [5.74, 6) is -0.193. The molecule has 0 saturated heterocycles. The number of hydrogen-bond acceptors (Lipinski definition) is 5. The molecule has 0 radical (unpaired) electrons. The Morgan fingerprint density at radius 3 is 2.78 bits per heavy atom. The monoisotopic (exact) mass is 332 g/mol. The zero-order chi connectivity index (χ0) is 16.4. The van der Waals surface area contributed by atoms with Crippen molar-refractivity contribution in [1.82, 2.24) is 19.7 Å². The van der Waals surface area contributed by atoms with Crippen LogP contribution in [0.25, 0.3) is 10.9 Å². The Hall–Kier alpha value is -2.48. The minimum atomic E-state index is -3.52. The minimum Gasteiger partial charge on any atom is -0.322 e. The molecule has 0 unspecified atom stereocenters. The topological polar surface area (TPSA) is 97.7 Å². The number of nitrogens with one attached hydrogen (secondary N) is 1. The van der Waals surface area contributed by atoms with E-state index < -0.39 is 9.84 Å². The van der Waals surface area contributed by atoms with Gasteiger partial charge in [0.05, 0.1) is 5.75 Å². The molecule has 3 rings (SSSR count). The fraction of sp³-hybridized carbons (Fsp3) is 0.267. The lowest BCUT2D eigenvalue weighted by atomic mass is 10.2. The van der Waals surface area contributed by atoms with E-state index in [1.807, 2.05) is 25.1 Å². The van der Waals surface area contributed by atoms with Crippen molar-refractivity contribution in [3.8, 4) is 0 Å². The molecule has 0 aliphatic rings. The number of fused-ring (bicyclic) bond motifs is 1. The molecule has 3 aromatic rings. The number of aromatic nitrogens is 4. The Morgan fingerprint density at radius 1 is 1.22 bits per heavy atom. The summed E-state index contributed by atoms with van der Waals surface area (Å²) in [4.78, 5) is 18.8. The van der Waals surface area contributed by atoms with Crippen LogP contribution in [0.3, 0.4) is 0 Å². The molecule has 1 N–H and O–H groups in total. The Morgan fingerprint density at radius 2 is 2.00 bits per heavy atom. The summed E-state index contributed by atoms with van der Waals surface area (Å²) in [7, 11) is -3.52. The summed E-state index contributed by atoms with van der Waals surface area (Å²) in [5.41, 5.74) is 0.528. The van der Waals surface area contributed by atoms with Crippen LogP contribution < -0.4 is 5.56 Å². The highest BCUT2D eigenvalue weighted by Crippen LogP contribution is 2.13. The number of pyridine rings is 1. The minimum absolute atomic E-state index is 0.228. The average molecular weight is 332 g/mol. The molecular formula is C15H16N4O3S. The van der Waals surface area contributed by atoms with E-state index in [-0.39, 0.29) is 22.6 Å². The van der Waals surface area contributed by atoms with Gasteiger partial charge in [-0.3, -0.25) is 4.79 Å². The molecule has 0 fully saturated rings. The molecule has 0 saturated carbocycles. The third kappa shape index (κ3) is 3.31. The zero-order valence-electron chi connectivity index (χ0n) is 12.6. The second kappa shape index (κ2) is 5.96. The average Bonchev–Trinajstić information content (AvgIpc) is 2.94. The molecule has 0 aliphatic heterocycles. The summed E-state index contributed by atoms with van der Waals surface area (Å²) >= 11 is 0. The lowest BCUT2D eigenvalue weighted by molar-refractivity contribution is 0.583. The first kappa shape index (κ1) is 15.4. The largest absolute Gasteiger partial charge is 0.322 e. The normalized spacial score (nSPS) is 11.9. The summed E-state index contributed by atoms with van der Waals surface area (Å²) in [6.07, 6.45) is 1.33. The molecule has 0 spiro atoms. The Bertz CT molecular complexity index is 1000. The van der Waals surface area contributed by atoms with E-state index in [0.717, 1.165) is 5.39 Å². The third-order valence-corrected chi connectivity index (χ3v) is 5.00. The van der Waals surface area contributed by atoms with Crippen molar-refractivity contribution in [2.45, 2.75) is 25.0 Å². The number of aromatic amines is 1. The molecule has 0 aliphatic carbocycles. The molecule has 23 heavy (non-hydrogen) atoms. The van der Waals surface area contributed by atoms with Crippen molar-refractivity contribution < 1.29 is 8.42 Å². The Balaban J connectivity index is 1.91. The van der Waals surface area contributed by atoms with Crippen molar-refractivity contribution in [2.24, 2.45) is 0 Å². The van der Waals surface area contributed by atoms with E-state index in [2.05, 4.69) is 15.1 Å². The molecule has 0 amide bonds. The standard InChI is InChI=1S/C15H16N4O3S/c1-2-19-14(16-10-17-19)9-23(21,22)8-12-7-11-5-3-4-6-13(11)18-15(12)20/h3-7,10H,2,8-9H2,1H3,(H,18,20). The van der Waals surface area contributed by atoms with Gasteiger partial charge in [0.25, 0.3) is 5.56 Å². The van der Waals surface area contributed by atoms with Gasteiger partial charge in [0.2, 0.25) is 0 Å². The van der Waals surface area contributed by atoms with Gasteiger partial charge in [0, 0.05) is 17.6 Å². The van der Waals surface area contributed by atoms with Crippen LogP contribution in [0, 0.1) is 0 Å². The SMILES string of the molecule is CCn1ncnc1CS(=O)(=O)Cc1cc2ccccc2[nH]c1=O. The van der Waals surface area contributed by atoms with Gasteiger partial charge in [-0.2, -0.15) is 5.10 Å². The summed E-state index contributed by atoms with van der Waals surface area (Å²) in [6, 6.07) is 8.87. The third-order valence-electron chi connectivity index (χ3n) is 3.55. The van der Waals surface area contributed by atoms with Gasteiger partial charge in [0.15, 0.2) is 9.84 Å². The predicted molar refractivity (Wildman–Crippen MR) is 86.6 cm³/mol. The quantitative estimate of drug-likeness (QED) is 0.758. The van der Waals surface area contributed by atoms with Crippen LogP contribution in [0.2, 0.25) is 0 Å². The smallest absolute Gasteiger partial charge is 0.252 e. The number of nitrogens with zero attached hydrogens (tertiary/aromatic N) is 3. The van der Waals surface area contributed by atoms with Crippen molar-refractivity contribution in [2.75, 3.05) is 0 Å². The van der Waals surface area contributed by atoms with Crippen molar-refractivity contribution in [3.05, 3.63) is 58.4 Å². The maximum Gasteiger partial charge on any atom is 0.252 e. The van der Waals surface area contributed by atoms with Gasteiger partial charge < -0.3 is 4.98 Å². The van der Waals surface area contributed by atoms with Gasteiger partial charge in [-0.05, 0) is 24.4 Å². The number of para-hydroxylation sites is 1. The fourth-order valence-electron chi connectivity index (χ4n) is 2.45. The van der Waals surface area contributed by atoms with Crippen LogP contribution >= 0.6 is 0 Å². The zero-order valence-corrected chi connectivity index (χ0v) is 13.4. The second-order valence-electron chi connectivity index (χ2n) is 5.24. The van der Waals surface area contributed by atoms with Crippen LogP contribution in [0.15, 0.2) is 41.5 Å². The molecular weight excluding hydrogens is 316 g/mol. The molecule has 120 valence electrons. The first-order valence-electron chi connectivity index (χ1n) is 7.16. The number of benzene rings is 1. The van der Waals surface area contributed by atoms with Crippen molar-refractivity contribution >= 4 is 20.7 Å². The van der Waals surface area contributed by atoms with Gasteiger partial charge in [0.1, 0.15) is 17.9 Å². The van der Waals surface area contributed by atoms with Crippen LogP contribution in [0.4, 0.5) is 0 Å². The number of rotatable bonds is 5. The second-order valence-corrected chi connectivity index (χ2v) is 7.30. The van der Waals surface area contributed by atoms with Gasteiger partial charge >= 0.3 is 0 Å². The predicted octanol–water partition coefficient (Wildman–Crippen LogP) is 1.25. The van der Waals surface area contributed by atoms with E-state index in [1.165, 1.54) is 11.0 Å². The highest BCUT2D eigenvalue weighted by Gasteiger charge is 2.19. The highest BCUT2D eigenvalue weighted by atomic mass is 32.2. The first-order chi connectivity index (χ1) is 11.0. The van der Waals surface area contributed by atoms with Crippen molar-refractivity contribution in [1.29, 1.82) is 0 Å². The molecule has 7 nitrogen and oxygen atoms in total. The Labute approximate surface area is 132 Å². The van der Waals surface area contributed by atoms with Crippen molar-refractivity contribution in [3.63, 3.8) is 0 Å². The summed E-state index contributed by atoms with van der Waals surface area (Å²) in [5, 5.41) is 4.76. The highest BCUT2D eigenvalue weighted by molar-refractivity contribution is 7.89. The maximum atomic E-state index is 12.4. The van der Waals surface area contributed by atoms with E-state index in [9.17, 15) is 13.2 Å².